The van der Waals surface area contributed by atoms with Crippen LogP contribution in [-0.2, 0) is 13.2 Å². The Kier molecular flexibility index (Phi) is 6.28. The Morgan fingerprint density at radius 1 is 1.38 bits per heavy atom. The fraction of sp³-hybridized carbons (Fsp3) is 0.375. The highest BCUT2D eigenvalue weighted by Gasteiger charge is 2.14. The van der Waals surface area contributed by atoms with Gasteiger partial charge in [-0.3, -0.25) is 14.3 Å². The van der Waals surface area contributed by atoms with Crippen LogP contribution in [0.3, 0.4) is 0 Å². The molecule has 0 aliphatic carbocycles. The zero-order chi connectivity index (χ0) is 17.9. The third kappa shape index (κ3) is 4.30. The zero-order valence-electron chi connectivity index (χ0n) is 13.5. The molecule has 0 radical (unpaired) electrons. The summed E-state index contributed by atoms with van der Waals surface area (Å²) in [4.78, 5) is 26.8. The number of rotatable bonds is 6. The number of aliphatic hydroxyl groups is 1. The van der Waals surface area contributed by atoms with Crippen molar-refractivity contribution in [2.75, 3.05) is 6.54 Å². The molecule has 4 N–H and O–H groups in total. The van der Waals surface area contributed by atoms with Crippen LogP contribution in [0.25, 0.3) is 0 Å². The number of hydrogen-bond acceptors (Lipinski definition) is 5. The van der Waals surface area contributed by atoms with Crippen molar-refractivity contribution in [3.05, 3.63) is 60.9 Å². The number of thioether (sulfide) groups is 1. The maximum Gasteiger partial charge on any atom is 0.328 e. The molecular weight excluding hydrogens is 350 g/mol. The van der Waals surface area contributed by atoms with Gasteiger partial charge in [-0.1, -0.05) is 18.5 Å². The van der Waals surface area contributed by atoms with Gasteiger partial charge in [-0.2, -0.15) is 0 Å². The predicted octanol–water partition coefficient (Wildman–Crippen LogP) is 1.48. The summed E-state index contributed by atoms with van der Waals surface area (Å²) in [5.41, 5.74) is 6.61. The second-order valence-corrected chi connectivity index (χ2v) is 7.46. The van der Waals surface area contributed by atoms with Crippen LogP contribution in [0, 0.1) is 6.92 Å². The van der Waals surface area contributed by atoms with Gasteiger partial charge in [0.25, 0.3) is 5.56 Å². The summed E-state index contributed by atoms with van der Waals surface area (Å²) in [6.45, 7) is 4.31. The number of benzene rings is 1. The zero-order valence-corrected chi connectivity index (χ0v) is 15.1. The van der Waals surface area contributed by atoms with Gasteiger partial charge in [-0.15, -0.1) is 11.8 Å². The first kappa shape index (κ1) is 18.8. The third-order valence-corrected chi connectivity index (χ3v) is 5.20. The summed E-state index contributed by atoms with van der Waals surface area (Å²) in [6, 6.07) is 3.67. The van der Waals surface area contributed by atoms with Crippen LogP contribution in [-0.4, -0.2) is 26.5 Å². The second kappa shape index (κ2) is 8.02. The molecule has 0 aliphatic rings. The van der Waals surface area contributed by atoms with Crippen LogP contribution in [0.5, 0.6) is 0 Å². The lowest BCUT2D eigenvalue weighted by Crippen LogP contribution is -2.32. The van der Waals surface area contributed by atoms with E-state index in [2.05, 4.69) is 4.98 Å². The minimum Gasteiger partial charge on any atom is -0.391 e. The second-order valence-electron chi connectivity index (χ2n) is 5.57. The molecule has 0 aliphatic heterocycles. The Morgan fingerprint density at radius 2 is 2.08 bits per heavy atom. The highest BCUT2D eigenvalue weighted by Crippen LogP contribution is 2.32. The van der Waals surface area contributed by atoms with Crippen LogP contribution >= 0.6 is 23.4 Å². The Labute approximate surface area is 148 Å². The third-order valence-electron chi connectivity index (χ3n) is 3.56. The van der Waals surface area contributed by atoms with Crippen LogP contribution in [0.15, 0.2) is 32.8 Å². The maximum absolute atomic E-state index is 12.0. The molecule has 2 rings (SSSR count). The number of aryl methyl sites for hydroxylation is 1. The van der Waals surface area contributed by atoms with Crippen molar-refractivity contribution in [3.63, 3.8) is 0 Å². The molecule has 0 saturated heterocycles. The lowest BCUT2D eigenvalue weighted by atomic mass is 10.1. The van der Waals surface area contributed by atoms with Crippen molar-refractivity contribution in [1.82, 2.24) is 9.55 Å². The Balaban J connectivity index is 2.49. The van der Waals surface area contributed by atoms with E-state index in [9.17, 15) is 14.7 Å². The van der Waals surface area contributed by atoms with Crippen LogP contribution < -0.4 is 17.0 Å². The first-order valence-electron chi connectivity index (χ1n) is 7.45. The van der Waals surface area contributed by atoms with E-state index in [1.807, 2.05) is 19.9 Å². The summed E-state index contributed by atoms with van der Waals surface area (Å²) in [7, 11) is 0. The predicted molar refractivity (Wildman–Crippen MR) is 96.9 cm³/mol. The van der Waals surface area contributed by atoms with E-state index < -0.39 is 17.9 Å². The first-order valence-corrected chi connectivity index (χ1v) is 8.70. The molecule has 8 heteroatoms. The molecule has 24 heavy (non-hydrogen) atoms. The molecule has 2 aromatic rings. The molecular formula is C16H20ClN3O3S. The van der Waals surface area contributed by atoms with Gasteiger partial charge in [0.15, 0.2) is 0 Å². The quantitative estimate of drug-likeness (QED) is 0.669. The number of aromatic amines is 1. The molecule has 1 aromatic heterocycles. The molecule has 0 bridgehead atoms. The van der Waals surface area contributed by atoms with Gasteiger partial charge >= 0.3 is 5.69 Å². The minimum atomic E-state index is -0.577. The lowest BCUT2D eigenvalue weighted by molar-refractivity contribution is 0.278. The Morgan fingerprint density at radius 3 is 2.71 bits per heavy atom. The topological polar surface area (TPSA) is 101 Å². The molecule has 1 heterocycles. The van der Waals surface area contributed by atoms with E-state index in [0.29, 0.717) is 11.6 Å². The van der Waals surface area contributed by atoms with Crippen molar-refractivity contribution < 1.29 is 5.11 Å². The highest BCUT2D eigenvalue weighted by molar-refractivity contribution is 8.00. The van der Waals surface area contributed by atoms with E-state index >= 15 is 0 Å². The number of aromatic nitrogens is 2. The van der Waals surface area contributed by atoms with Crippen LogP contribution in [0.2, 0.25) is 5.02 Å². The molecule has 1 atom stereocenters. The number of nitrogens with one attached hydrogen (secondary N) is 1. The lowest BCUT2D eigenvalue weighted by Gasteiger charge is -2.17. The molecule has 1 unspecified atom stereocenters. The van der Waals surface area contributed by atoms with Gasteiger partial charge < -0.3 is 10.8 Å². The number of H-pyrrole nitrogens is 1. The largest absolute Gasteiger partial charge is 0.391 e. The summed E-state index contributed by atoms with van der Waals surface area (Å²) in [5, 5.41) is 10.0. The van der Waals surface area contributed by atoms with Crippen molar-refractivity contribution in [2.45, 2.75) is 37.1 Å². The monoisotopic (exact) mass is 369 g/mol. The van der Waals surface area contributed by atoms with Gasteiger partial charge in [-0.05, 0) is 30.2 Å². The fourth-order valence-electron chi connectivity index (χ4n) is 2.30. The normalized spacial score (nSPS) is 12.4. The molecule has 6 nitrogen and oxygen atoms in total. The van der Waals surface area contributed by atoms with Crippen molar-refractivity contribution in [1.29, 1.82) is 0 Å². The standard InChI is InChI=1S/C16H20ClN3O3S/c1-9-3-13(17)4-11(14(9)24-10(2)5-18)6-20-7-12(8-21)15(22)19-16(20)23/h3-4,7,10,21H,5-6,8,18H2,1-2H3,(H,19,22,23). The molecule has 0 fully saturated rings. The minimum absolute atomic E-state index is 0.137. The highest BCUT2D eigenvalue weighted by atomic mass is 35.5. The van der Waals surface area contributed by atoms with E-state index in [1.165, 1.54) is 10.8 Å². The molecule has 0 amide bonds. The number of halogens is 1. The van der Waals surface area contributed by atoms with Crippen LogP contribution in [0.1, 0.15) is 23.6 Å². The number of hydrogen-bond donors (Lipinski definition) is 3. The van der Waals surface area contributed by atoms with Gasteiger partial charge in [0.1, 0.15) is 0 Å². The molecule has 1 aromatic carbocycles. The van der Waals surface area contributed by atoms with Crippen LogP contribution in [0.4, 0.5) is 0 Å². The van der Waals surface area contributed by atoms with Crippen molar-refractivity contribution in [3.8, 4) is 0 Å². The Bertz CT molecular complexity index is 847. The average Bonchev–Trinajstić information content (AvgIpc) is 2.52. The van der Waals surface area contributed by atoms with E-state index in [0.717, 1.165) is 16.0 Å². The molecule has 0 saturated carbocycles. The van der Waals surface area contributed by atoms with Crippen molar-refractivity contribution in [2.24, 2.45) is 5.73 Å². The number of nitrogens with two attached hydrogens (primary N) is 1. The van der Waals surface area contributed by atoms with E-state index in [4.69, 9.17) is 17.3 Å². The SMILES string of the molecule is Cc1cc(Cl)cc(Cn2cc(CO)c(=O)[nH]c2=O)c1SC(C)CN. The average molecular weight is 370 g/mol. The van der Waals surface area contributed by atoms with Crippen molar-refractivity contribution >= 4 is 23.4 Å². The number of nitrogens with zero attached hydrogens (tertiary/aromatic N) is 1. The van der Waals surface area contributed by atoms with Gasteiger partial charge in [0.2, 0.25) is 0 Å². The maximum atomic E-state index is 12.0. The first-order chi connectivity index (χ1) is 11.3. The molecule has 130 valence electrons. The summed E-state index contributed by atoms with van der Waals surface area (Å²) >= 11 is 7.79. The summed E-state index contributed by atoms with van der Waals surface area (Å²) in [6.07, 6.45) is 1.37. The fourth-order valence-corrected chi connectivity index (χ4v) is 3.62. The smallest absolute Gasteiger partial charge is 0.328 e. The summed E-state index contributed by atoms with van der Waals surface area (Å²) < 4.78 is 1.36. The van der Waals surface area contributed by atoms with E-state index in [1.54, 1.807) is 17.8 Å². The Hall–Kier alpha value is -1.54. The van der Waals surface area contributed by atoms with Gasteiger partial charge in [0.05, 0.1) is 18.7 Å². The van der Waals surface area contributed by atoms with Gasteiger partial charge in [0, 0.05) is 27.9 Å². The van der Waals surface area contributed by atoms with E-state index in [-0.39, 0.29) is 17.4 Å². The molecule has 0 spiro atoms. The number of aliphatic hydroxyl groups excluding tert-OH is 1. The van der Waals surface area contributed by atoms with Gasteiger partial charge in [-0.25, -0.2) is 4.79 Å². The summed E-state index contributed by atoms with van der Waals surface area (Å²) in [5.74, 6) is 0.